The molecular weight excluding hydrogens is 302 g/mol. The van der Waals surface area contributed by atoms with Gasteiger partial charge in [-0.05, 0) is 31.8 Å². The van der Waals surface area contributed by atoms with Gasteiger partial charge in [-0.15, -0.1) is 0 Å². The van der Waals surface area contributed by atoms with E-state index in [0.717, 1.165) is 5.75 Å². The summed E-state index contributed by atoms with van der Waals surface area (Å²) >= 11 is 5.88. The summed E-state index contributed by atoms with van der Waals surface area (Å²) in [4.78, 5) is 10.1. The number of nitrogens with zero attached hydrogens (tertiary/aromatic N) is 3. The zero-order chi connectivity index (χ0) is 16.1. The Bertz CT molecular complexity index is 598. The van der Waals surface area contributed by atoms with Gasteiger partial charge in [0.1, 0.15) is 16.7 Å². The van der Waals surface area contributed by atoms with E-state index >= 15 is 0 Å². The maximum atomic E-state index is 5.88. The van der Waals surface area contributed by atoms with Gasteiger partial charge in [0.25, 0.3) is 0 Å². The lowest BCUT2D eigenvalue weighted by atomic mass is 10.1. The first-order valence-electron chi connectivity index (χ1n) is 6.84. The van der Waals surface area contributed by atoms with E-state index in [0.29, 0.717) is 17.5 Å². The third-order valence-electron chi connectivity index (χ3n) is 3.31. The molecule has 0 radical (unpaired) electrons. The molecule has 118 valence electrons. The molecule has 0 aliphatic heterocycles. The molecule has 2 rings (SSSR count). The topological polar surface area (TPSA) is 76.3 Å². The molecule has 22 heavy (non-hydrogen) atoms. The number of rotatable bonds is 6. The van der Waals surface area contributed by atoms with Crippen LogP contribution in [0.4, 0.5) is 11.8 Å². The van der Waals surface area contributed by atoms with Crippen LogP contribution in [0, 0.1) is 0 Å². The Morgan fingerprint density at radius 2 is 1.95 bits per heavy atom. The number of nitrogens with two attached hydrogens (primary N) is 1. The molecule has 2 aromatic rings. The second-order valence-electron chi connectivity index (χ2n) is 5.07. The fourth-order valence-corrected chi connectivity index (χ4v) is 2.34. The number of hydrogen-bond donors (Lipinski definition) is 2. The molecule has 6 nitrogen and oxygen atoms in total. The van der Waals surface area contributed by atoms with E-state index in [9.17, 15) is 0 Å². The van der Waals surface area contributed by atoms with Gasteiger partial charge in [0.05, 0.1) is 13.2 Å². The van der Waals surface area contributed by atoms with E-state index < -0.39 is 0 Å². The highest BCUT2D eigenvalue weighted by atomic mass is 35.5. The van der Waals surface area contributed by atoms with Crippen molar-refractivity contribution < 1.29 is 4.74 Å². The lowest BCUT2D eigenvalue weighted by Crippen LogP contribution is -2.27. The van der Waals surface area contributed by atoms with Gasteiger partial charge in [0, 0.05) is 12.6 Å². The Balaban J connectivity index is 2.11. The number of anilines is 2. The molecule has 1 atom stereocenters. The van der Waals surface area contributed by atoms with Gasteiger partial charge in [-0.2, -0.15) is 4.98 Å². The molecule has 0 unspecified atom stereocenters. The van der Waals surface area contributed by atoms with Crippen molar-refractivity contribution in [2.75, 3.05) is 38.8 Å². The minimum atomic E-state index is 0.154. The number of nitrogens with one attached hydrogen (secondary N) is 1. The molecule has 1 heterocycles. The fraction of sp³-hybridized carbons (Fsp3) is 0.333. The van der Waals surface area contributed by atoms with Crippen LogP contribution < -0.4 is 15.8 Å². The van der Waals surface area contributed by atoms with Crippen LogP contribution in [-0.2, 0) is 0 Å². The molecule has 0 aliphatic rings. The van der Waals surface area contributed by atoms with Crippen molar-refractivity contribution in [2.45, 2.75) is 6.04 Å². The predicted molar refractivity (Wildman–Crippen MR) is 89.4 cm³/mol. The summed E-state index contributed by atoms with van der Waals surface area (Å²) in [5.74, 6) is 1.60. The van der Waals surface area contributed by atoms with E-state index in [2.05, 4.69) is 20.2 Å². The molecule has 0 spiro atoms. The second-order valence-corrected chi connectivity index (χ2v) is 5.45. The highest BCUT2D eigenvalue weighted by Gasteiger charge is 2.14. The van der Waals surface area contributed by atoms with Crippen molar-refractivity contribution in [3.63, 3.8) is 0 Å². The quantitative estimate of drug-likeness (QED) is 0.796. The van der Waals surface area contributed by atoms with Crippen LogP contribution in [0.2, 0.25) is 5.15 Å². The Kier molecular flexibility index (Phi) is 5.41. The maximum absolute atomic E-state index is 5.88. The summed E-state index contributed by atoms with van der Waals surface area (Å²) in [7, 11) is 5.71. The largest absolute Gasteiger partial charge is 0.497 e. The summed E-state index contributed by atoms with van der Waals surface area (Å²) in [6, 6.07) is 9.81. The fourth-order valence-electron chi connectivity index (χ4n) is 2.15. The van der Waals surface area contributed by atoms with Gasteiger partial charge in [0.2, 0.25) is 5.95 Å². The van der Waals surface area contributed by atoms with Crippen molar-refractivity contribution in [1.82, 2.24) is 14.9 Å². The van der Waals surface area contributed by atoms with Crippen molar-refractivity contribution in [3.05, 3.63) is 41.0 Å². The number of halogens is 1. The van der Waals surface area contributed by atoms with Gasteiger partial charge in [-0.3, -0.25) is 0 Å². The number of benzene rings is 1. The van der Waals surface area contributed by atoms with E-state index in [1.807, 2.05) is 38.4 Å². The third kappa shape index (κ3) is 4.22. The first-order valence-corrected chi connectivity index (χ1v) is 7.21. The molecule has 0 bridgehead atoms. The number of likely N-dealkylation sites (N-methyl/N-ethyl adjacent to an activating group) is 1. The Hall–Kier alpha value is -2.05. The Morgan fingerprint density at radius 1 is 1.27 bits per heavy atom. The molecule has 7 heteroatoms. The average Bonchev–Trinajstić information content (AvgIpc) is 2.47. The number of aromatic nitrogens is 2. The summed E-state index contributed by atoms with van der Waals surface area (Å²) in [5.41, 5.74) is 6.77. The molecule has 3 N–H and O–H groups in total. The molecule has 0 aliphatic carbocycles. The molecular formula is C15H20ClN5O. The first-order chi connectivity index (χ1) is 10.5. The zero-order valence-electron chi connectivity index (χ0n) is 12.9. The summed E-state index contributed by atoms with van der Waals surface area (Å²) in [5, 5.41) is 3.57. The maximum Gasteiger partial charge on any atom is 0.223 e. The van der Waals surface area contributed by atoms with Crippen molar-refractivity contribution in [3.8, 4) is 5.75 Å². The highest BCUT2D eigenvalue weighted by molar-refractivity contribution is 6.29. The van der Waals surface area contributed by atoms with Crippen LogP contribution in [0.3, 0.4) is 0 Å². The van der Waals surface area contributed by atoms with Crippen molar-refractivity contribution in [2.24, 2.45) is 0 Å². The van der Waals surface area contributed by atoms with Gasteiger partial charge in [-0.25, -0.2) is 4.98 Å². The van der Waals surface area contributed by atoms with E-state index in [1.54, 1.807) is 13.2 Å². The average molecular weight is 322 g/mol. The highest BCUT2D eigenvalue weighted by Crippen LogP contribution is 2.22. The Morgan fingerprint density at radius 3 is 2.50 bits per heavy atom. The number of methoxy groups -OCH3 is 1. The van der Waals surface area contributed by atoms with Gasteiger partial charge >= 0.3 is 0 Å². The van der Waals surface area contributed by atoms with Crippen LogP contribution >= 0.6 is 11.6 Å². The number of ether oxygens (including phenoxy) is 1. The van der Waals surface area contributed by atoms with Crippen LogP contribution in [0.25, 0.3) is 0 Å². The standard InChI is InChI=1S/C15H20ClN5O/c1-21(2)12(10-4-6-11(22-3)7-5-10)9-18-14-8-13(16)19-15(17)20-14/h4-8,12H,9H2,1-3H3,(H3,17,18,19,20)/t12-/m0/s1. The minimum absolute atomic E-state index is 0.154. The number of hydrogen-bond acceptors (Lipinski definition) is 6. The van der Waals surface area contributed by atoms with E-state index in [1.165, 1.54) is 5.56 Å². The van der Waals surface area contributed by atoms with Crippen LogP contribution in [0.15, 0.2) is 30.3 Å². The lowest BCUT2D eigenvalue weighted by Gasteiger charge is -2.25. The lowest BCUT2D eigenvalue weighted by molar-refractivity contribution is 0.311. The zero-order valence-corrected chi connectivity index (χ0v) is 13.6. The SMILES string of the molecule is COc1ccc([C@H](CNc2cc(Cl)nc(N)n2)N(C)C)cc1. The molecule has 1 aromatic heterocycles. The van der Waals surface area contributed by atoms with E-state index in [4.69, 9.17) is 22.1 Å². The summed E-state index contributed by atoms with van der Waals surface area (Å²) in [6.45, 7) is 0.659. The number of nitrogen functional groups attached to an aromatic ring is 1. The molecule has 0 saturated heterocycles. The Labute approximate surface area is 135 Å². The predicted octanol–water partition coefficient (Wildman–Crippen LogP) is 2.44. The molecule has 0 saturated carbocycles. The normalized spacial score (nSPS) is 12.2. The molecule has 0 fully saturated rings. The smallest absolute Gasteiger partial charge is 0.223 e. The van der Waals surface area contributed by atoms with Crippen LogP contribution in [0.1, 0.15) is 11.6 Å². The van der Waals surface area contributed by atoms with Crippen LogP contribution in [-0.4, -0.2) is 42.6 Å². The second kappa shape index (κ2) is 7.29. The van der Waals surface area contributed by atoms with Gasteiger partial charge < -0.3 is 20.7 Å². The van der Waals surface area contributed by atoms with Gasteiger partial charge in [0.15, 0.2) is 0 Å². The summed E-state index contributed by atoms with van der Waals surface area (Å²) in [6.07, 6.45) is 0. The van der Waals surface area contributed by atoms with Crippen molar-refractivity contribution >= 4 is 23.4 Å². The van der Waals surface area contributed by atoms with Crippen molar-refractivity contribution in [1.29, 1.82) is 0 Å². The molecule has 1 aromatic carbocycles. The minimum Gasteiger partial charge on any atom is -0.497 e. The monoisotopic (exact) mass is 321 g/mol. The summed E-state index contributed by atoms with van der Waals surface area (Å²) < 4.78 is 5.19. The van der Waals surface area contributed by atoms with Gasteiger partial charge in [-0.1, -0.05) is 23.7 Å². The third-order valence-corrected chi connectivity index (χ3v) is 3.51. The van der Waals surface area contributed by atoms with Crippen LogP contribution in [0.5, 0.6) is 5.75 Å². The van der Waals surface area contributed by atoms with E-state index in [-0.39, 0.29) is 12.0 Å². The molecule has 0 amide bonds. The first kappa shape index (κ1) is 16.3.